The van der Waals surface area contributed by atoms with E-state index in [9.17, 15) is 13.2 Å². The Hall–Kier alpha value is -2.93. The van der Waals surface area contributed by atoms with E-state index in [4.69, 9.17) is 0 Å². The Morgan fingerprint density at radius 1 is 1.08 bits per heavy atom. The molecule has 0 saturated carbocycles. The Morgan fingerprint density at radius 3 is 2.38 bits per heavy atom. The van der Waals surface area contributed by atoms with Crippen molar-refractivity contribution in [3.8, 4) is 16.9 Å². The lowest BCUT2D eigenvalue weighted by Gasteiger charge is -2.07. The smallest absolute Gasteiger partial charge is 0.268 e. The van der Waals surface area contributed by atoms with E-state index in [0.29, 0.717) is 5.69 Å². The summed E-state index contributed by atoms with van der Waals surface area (Å²) in [4.78, 5) is 12.5. The molecule has 0 fully saturated rings. The highest BCUT2D eigenvalue weighted by molar-refractivity contribution is 7.89. The minimum atomic E-state index is -3.68. The normalized spacial score (nSPS) is 11.3. The van der Waals surface area contributed by atoms with Gasteiger partial charge in [0.15, 0.2) is 0 Å². The van der Waals surface area contributed by atoms with Crippen LogP contribution in [-0.4, -0.2) is 30.4 Å². The third kappa shape index (κ3) is 3.83. The van der Waals surface area contributed by atoms with E-state index in [0.717, 1.165) is 28.6 Å². The first-order chi connectivity index (χ1) is 12.2. The second-order valence-corrected chi connectivity index (χ2v) is 7.94. The molecule has 1 aromatic heterocycles. The SMILES string of the molecule is Cc1ccc(-c2nn(-c3ccccc3)cc2C(=O)NS(C)(=O)=O)c(C)c1. The van der Waals surface area contributed by atoms with Crippen LogP contribution in [0.3, 0.4) is 0 Å². The second kappa shape index (κ2) is 6.76. The molecule has 1 amide bonds. The number of hydrogen-bond acceptors (Lipinski definition) is 4. The summed E-state index contributed by atoms with van der Waals surface area (Å²) in [6, 6.07) is 15.1. The minimum absolute atomic E-state index is 0.200. The topological polar surface area (TPSA) is 81.1 Å². The number of benzene rings is 2. The van der Waals surface area contributed by atoms with Gasteiger partial charge in [0, 0.05) is 11.8 Å². The molecule has 0 atom stereocenters. The van der Waals surface area contributed by atoms with Gasteiger partial charge in [0.2, 0.25) is 10.0 Å². The van der Waals surface area contributed by atoms with Crippen LogP contribution in [0.15, 0.2) is 54.7 Å². The number of amides is 1. The van der Waals surface area contributed by atoms with E-state index in [1.807, 2.05) is 67.1 Å². The van der Waals surface area contributed by atoms with Gasteiger partial charge in [-0.15, -0.1) is 0 Å². The fraction of sp³-hybridized carbons (Fsp3) is 0.158. The fourth-order valence-corrected chi connectivity index (χ4v) is 3.20. The standard InChI is InChI=1S/C19H19N3O3S/c1-13-9-10-16(14(2)11-13)18-17(19(23)21-26(3,24)25)12-22(20-18)15-7-5-4-6-8-15/h4-12H,1-3H3,(H,21,23). The molecule has 134 valence electrons. The zero-order valence-electron chi connectivity index (χ0n) is 14.7. The lowest BCUT2D eigenvalue weighted by atomic mass is 10.0. The van der Waals surface area contributed by atoms with Crippen molar-refractivity contribution >= 4 is 15.9 Å². The number of nitrogens with zero attached hydrogens (tertiary/aromatic N) is 2. The molecule has 0 aliphatic heterocycles. The lowest BCUT2D eigenvalue weighted by molar-refractivity contribution is 0.0982. The van der Waals surface area contributed by atoms with Gasteiger partial charge >= 0.3 is 0 Å². The van der Waals surface area contributed by atoms with Crippen LogP contribution in [0, 0.1) is 13.8 Å². The predicted molar refractivity (Wildman–Crippen MR) is 101 cm³/mol. The Kier molecular flexibility index (Phi) is 4.65. The van der Waals surface area contributed by atoms with E-state index in [2.05, 4.69) is 5.10 Å². The zero-order valence-corrected chi connectivity index (χ0v) is 15.5. The molecular weight excluding hydrogens is 350 g/mol. The molecule has 0 saturated heterocycles. The average Bonchev–Trinajstić information content (AvgIpc) is 2.99. The van der Waals surface area contributed by atoms with Crippen LogP contribution in [0.25, 0.3) is 16.9 Å². The molecule has 3 rings (SSSR count). The summed E-state index contributed by atoms with van der Waals surface area (Å²) < 4.78 is 26.6. The molecule has 0 aliphatic rings. The molecular formula is C19H19N3O3S. The van der Waals surface area contributed by atoms with Crippen LogP contribution in [-0.2, 0) is 10.0 Å². The van der Waals surface area contributed by atoms with Crippen LogP contribution < -0.4 is 4.72 Å². The van der Waals surface area contributed by atoms with Crippen molar-refractivity contribution in [2.24, 2.45) is 0 Å². The number of carbonyl (C=O) groups is 1. The molecule has 0 bridgehead atoms. The number of hydrogen-bond donors (Lipinski definition) is 1. The van der Waals surface area contributed by atoms with Gasteiger partial charge in [0.05, 0.1) is 17.5 Å². The van der Waals surface area contributed by atoms with E-state index < -0.39 is 15.9 Å². The summed E-state index contributed by atoms with van der Waals surface area (Å²) in [5.74, 6) is -0.704. The number of para-hydroxylation sites is 1. The maximum absolute atomic E-state index is 12.5. The Morgan fingerprint density at radius 2 is 1.77 bits per heavy atom. The van der Waals surface area contributed by atoms with Gasteiger partial charge in [-0.3, -0.25) is 4.79 Å². The number of nitrogens with one attached hydrogen (secondary N) is 1. The molecule has 3 aromatic rings. The van der Waals surface area contributed by atoms with E-state index >= 15 is 0 Å². The van der Waals surface area contributed by atoms with Crippen molar-refractivity contribution in [3.05, 3.63) is 71.4 Å². The minimum Gasteiger partial charge on any atom is -0.268 e. The molecule has 0 aliphatic carbocycles. The van der Waals surface area contributed by atoms with Crippen LogP contribution >= 0.6 is 0 Å². The first-order valence-corrected chi connectivity index (χ1v) is 9.88. The summed E-state index contributed by atoms with van der Waals surface area (Å²) >= 11 is 0. The first-order valence-electron chi connectivity index (χ1n) is 7.99. The summed E-state index contributed by atoms with van der Waals surface area (Å²) in [5.41, 5.74) is 4.24. The number of sulfonamides is 1. The van der Waals surface area contributed by atoms with E-state index in [1.54, 1.807) is 10.9 Å². The van der Waals surface area contributed by atoms with Crippen molar-refractivity contribution in [2.45, 2.75) is 13.8 Å². The van der Waals surface area contributed by atoms with Crippen LogP contribution in [0.2, 0.25) is 0 Å². The summed E-state index contributed by atoms with van der Waals surface area (Å²) in [7, 11) is -3.68. The summed E-state index contributed by atoms with van der Waals surface area (Å²) in [6.07, 6.45) is 2.49. The third-order valence-electron chi connectivity index (χ3n) is 3.89. The molecule has 6 nitrogen and oxygen atoms in total. The second-order valence-electron chi connectivity index (χ2n) is 6.19. The van der Waals surface area contributed by atoms with E-state index in [1.165, 1.54) is 0 Å². The highest BCUT2D eigenvalue weighted by atomic mass is 32.2. The molecule has 7 heteroatoms. The van der Waals surface area contributed by atoms with Crippen molar-refractivity contribution in [1.82, 2.24) is 14.5 Å². The Bertz CT molecular complexity index is 1070. The van der Waals surface area contributed by atoms with Gasteiger partial charge < -0.3 is 0 Å². The largest absolute Gasteiger partial charge is 0.268 e. The number of carbonyl (C=O) groups excluding carboxylic acids is 1. The maximum Gasteiger partial charge on any atom is 0.268 e. The highest BCUT2D eigenvalue weighted by Crippen LogP contribution is 2.27. The number of aryl methyl sites for hydroxylation is 2. The van der Waals surface area contributed by atoms with Gasteiger partial charge in [-0.25, -0.2) is 17.8 Å². The monoisotopic (exact) mass is 369 g/mol. The van der Waals surface area contributed by atoms with Crippen LogP contribution in [0.4, 0.5) is 0 Å². The highest BCUT2D eigenvalue weighted by Gasteiger charge is 2.22. The van der Waals surface area contributed by atoms with Gasteiger partial charge in [-0.1, -0.05) is 42.0 Å². The van der Waals surface area contributed by atoms with Gasteiger partial charge in [0.25, 0.3) is 5.91 Å². The number of rotatable bonds is 4. The van der Waals surface area contributed by atoms with Gasteiger partial charge in [-0.2, -0.15) is 5.10 Å². The first kappa shape index (κ1) is 17.9. The molecule has 2 aromatic carbocycles. The van der Waals surface area contributed by atoms with Crippen LogP contribution in [0.1, 0.15) is 21.5 Å². The van der Waals surface area contributed by atoms with Crippen LogP contribution in [0.5, 0.6) is 0 Å². The summed E-state index contributed by atoms with van der Waals surface area (Å²) in [5, 5.41) is 4.55. The molecule has 0 spiro atoms. The third-order valence-corrected chi connectivity index (χ3v) is 4.45. The zero-order chi connectivity index (χ0) is 18.9. The van der Waals surface area contributed by atoms with E-state index in [-0.39, 0.29) is 5.56 Å². The molecule has 26 heavy (non-hydrogen) atoms. The molecule has 0 unspecified atom stereocenters. The maximum atomic E-state index is 12.5. The predicted octanol–water partition coefficient (Wildman–Crippen LogP) is 2.85. The Labute approximate surface area is 152 Å². The van der Waals surface area contributed by atoms with Crippen molar-refractivity contribution in [2.75, 3.05) is 6.26 Å². The van der Waals surface area contributed by atoms with Crippen molar-refractivity contribution in [3.63, 3.8) is 0 Å². The quantitative estimate of drug-likeness (QED) is 0.767. The van der Waals surface area contributed by atoms with Gasteiger partial charge in [0.1, 0.15) is 5.69 Å². The Balaban J connectivity index is 2.17. The van der Waals surface area contributed by atoms with Crippen molar-refractivity contribution in [1.29, 1.82) is 0 Å². The summed E-state index contributed by atoms with van der Waals surface area (Å²) in [6.45, 7) is 3.92. The molecule has 0 radical (unpaired) electrons. The molecule has 1 heterocycles. The van der Waals surface area contributed by atoms with Crippen molar-refractivity contribution < 1.29 is 13.2 Å². The van der Waals surface area contributed by atoms with Gasteiger partial charge in [-0.05, 0) is 31.5 Å². The lowest BCUT2D eigenvalue weighted by Crippen LogP contribution is -2.29. The average molecular weight is 369 g/mol. The fourth-order valence-electron chi connectivity index (χ4n) is 2.75. The molecule has 1 N–H and O–H groups in total. The number of aromatic nitrogens is 2.